The summed E-state index contributed by atoms with van der Waals surface area (Å²) in [4.78, 5) is 23.7. The van der Waals surface area contributed by atoms with E-state index in [1.54, 1.807) is 25.1 Å². The van der Waals surface area contributed by atoms with Gasteiger partial charge in [0.2, 0.25) is 5.91 Å². The predicted molar refractivity (Wildman–Crippen MR) is 94.4 cm³/mol. The van der Waals surface area contributed by atoms with Crippen LogP contribution in [0.2, 0.25) is 0 Å². The van der Waals surface area contributed by atoms with Crippen LogP contribution in [0.5, 0.6) is 0 Å². The molecule has 3 N–H and O–H groups in total. The maximum absolute atomic E-state index is 11.9. The van der Waals surface area contributed by atoms with Crippen molar-refractivity contribution in [2.45, 2.75) is 45.3 Å². The first-order chi connectivity index (χ1) is 11.4. The van der Waals surface area contributed by atoms with E-state index in [1.807, 2.05) is 19.1 Å². The molecular formula is C19H26N2O3. The van der Waals surface area contributed by atoms with E-state index in [-0.39, 0.29) is 23.8 Å². The second-order valence-electron chi connectivity index (χ2n) is 6.64. The quantitative estimate of drug-likeness (QED) is 0.639. The molecule has 2 atom stereocenters. The van der Waals surface area contributed by atoms with Gasteiger partial charge in [-0.2, -0.15) is 0 Å². The monoisotopic (exact) mass is 330 g/mol. The van der Waals surface area contributed by atoms with Crippen molar-refractivity contribution in [3.63, 3.8) is 0 Å². The topological polar surface area (TPSA) is 78.4 Å². The van der Waals surface area contributed by atoms with Gasteiger partial charge in [0.05, 0.1) is 6.10 Å². The third kappa shape index (κ3) is 6.54. The molecule has 0 bridgehead atoms. The highest BCUT2D eigenvalue weighted by Crippen LogP contribution is 2.19. The van der Waals surface area contributed by atoms with Crippen LogP contribution in [-0.2, 0) is 4.79 Å². The second kappa shape index (κ2) is 8.64. The Morgan fingerprint density at radius 3 is 2.50 bits per heavy atom. The van der Waals surface area contributed by atoms with Gasteiger partial charge in [-0.05, 0) is 55.9 Å². The number of hydrogen-bond donors (Lipinski definition) is 3. The fourth-order valence-corrected chi connectivity index (χ4v) is 2.41. The molecule has 0 heterocycles. The Balaban J connectivity index is 1.78. The smallest absolute Gasteiger partial charge is 0.251 e. The van der Waals surface area contributed by atoms with E-state index in [2.05, 4.69) is 10.6 Å². The van der Waals surface area contributed by atoms with Crippen LogP contribution in [0.25, 0.3) is 6.08 Å². The predicted octanol–water partition coefficient (Wildman–Crippen LogP) is 2.12. The van der Waals surface area contributed by atoms with Crippen LogP contribution < -0.4 is 10.6 Å². The van der Waals surface area contributed by atoms with Gasteiger partial charge in [-0.1, -0.05) is 19.1 Å². The van der Waals surface area contributed by atoms with Crippen molar-refractivity contribution in [1.82, 2.24) is 10.6 Å². The Kier molecular flexibility index (Phi) is 6.55. The average molecular weight is 330 g/mol. The fraction of sp³-hybridized carbons (Fsp3) is 0.474. The Labute approximate surface area is 143 Å². The van der Waals surface area contributed by atoms with Crippen molar-refractivity contribution >= 4 is 17.9 Å². The SMILES string of the molecule is CC(O)CC(C)CNC(=O)C=Cc1ccc(C(=O)NC2CC2)cc1. The van der Waals surface area contributed by atoms with Crippen LogP contribution >= 0.6 is 0 Å². The summed E-state index contributed by atoms with van der Waals surface area (Å²) >= 11 is 0. The van der Waals surface area contributed by atoms with Gasteiger partial charge < -0.3 is 15.7 Å². The molecular weight excluding hydrogens is 304 g/mol. The van der Waals surface area contributed by atoms with Crippen molar-refractivity contribution in [3.05, 3.63) is 41.5 Å². The Bertz CT molecular complexity index is 589. The van der Waals surface area contributed by atoms with Gasteiger partial charge in [-0.15, -0.1) is 0 Å². The maximum atomic E-state index is 11.9. The highest BCUT2D eigenvalue weighted by Gasteiger charge is 2.23. The van der Waals surface area contributed by atoms with Gasteiger partial charge in [0, 0.05) is 24.2 Å². The zero-order valence-electron chi connectivity index (χ0n) is 14.3. The normalized spacial score (nSPS) is 16.6. The largest absolute Gasteiger partial charge is 0.393 e. The van der Waals surface area contributed by atoms with Gasteiger partial charge >= 0.3 is 0 Å². The summed E-state index contributed by atoms with van der Waals surface area (Å²) in [5.74, 6) is 0.0208. The number of carbonyl (C=O) groups excluding carboxylic acids is 2. The molecule has 5 nitrogen and oxygen atoms in total. The van der Waals surface area contributed by atoms with Crippen molar-refractivity contribution in [2.75, 3.05) is 6.54 Å². The molecule has 5 heteroatoms. The van der Waals surface area contributed by atoms with E-state index in [9.17, 15) is 14.7 Å². The molecule has 1 aliphatic carbocycles. The number of hydrogen-bond acceptors (Lipinski definition) is 3. The number of nitrogens with one attached hydrogen (secondary N) is 2. The van der Waals surface area contributed by atoms with Crippen LogP contribution in [0, 0.1) is 5.92 Å². The second-order valence-corrected chi connectivity index (χ2v) is 6.64. The first-order valence-corrected chi connectivity index (χ1v) is 8.49. The van der Waals surface area contributed by atoms with E-state index in [4.69, 9.17) is 0 Å². The molecule has 1 aliphatic rings. The van der Waals surface area contributed by atoms with E-state index >= 15 is 0 Å². The van der Waals surface area contributed by atoms with E-state index in [1.165, 1.54) is 6.08 Å². The molecule has 2 rings (SSSR count). The van der Waals surface area contributed by atoms with E-state index < -0.39 is 0 Å². The van der Waals surface area contributed by atoms with Crippen LogP contribution in [0.15, 0.2) is 30.3 Å². The summed E-state index contributed by atoms with van der Waals surface area (Å²) in [6.45, 7) is 4.27. The van der Waals surface area contributed by atoms with Gasteiger partial charge in [0.25, 0.3) is 5.91 Å². The summed E-state index contributed by atoms with van der Waals surface area (Å²) in [6, 6.07) is 7.51. The average Bonchev–Trinajstić information content (AvgIpc) is 3.34. The van der Waals surface area contributed by atoms with Crippen LogP contribution in [0.4, 0.5) is 0 Å². The molecule has 2 amide bonds. The summed E-state index contributed by atoms with van der Waals surface area (Å²) < 4.78 is 0. The van der Waals surface area contributed by atoms with Crippen molar-refractivity contribution in [3.8, 4) is 0 Å². The number of aliphatic hydroxyl groups is 1. The molecule has 0 aromatic heterocycles. The molecule has 2 unspecified atom stereocenters. The van der Waals surface area contributed by atoms with Gasteiger partial charge in [-0.25, -0.2) is 0 Å². The van der Waals surface area contributed by atoms with Gasteiger partial charge in [-0.3, -0.25) is 9.59 Å². The summed E-state index contributed by atoms with van der Waals surface area (Å²) in [6.07, 6.45) is 5.64. The highest BCUT2D eigenvalue weighted by molar-refractivity contribution is 5.95. The number of amides is 2. The molecule has 1 aromatic rings. The van der Waals surface area contributed by atoms with Crippen LogP contribution in [0.1, 0.15) is 49.0 Å². The first-order valence-electron chi connectivity index (χ1n) is 8.49. The van der Waals surface area contributed by atoms with Crippen LogP contribution in [0.3, 0.4) is 0 Å². The van der Waals surface area contributed by atoms with Crippen molar-refractivity contribution in [1.29, 1.82) is 0 Å². The lowest BCUT2D eigenvalue weighted by Crippen LogP contribution is -2.28. The lowest BCUT2D eigenvalue weighted by molar-refractivity contribution is -0.116. The summed E-state index contributed by atoms with van der Waals surface area (Å²) in [5.41, 5.74) is 1.50. The number of carbonyl (C=O) groups is 2. The van der Waals surface area contributed by atoms with Gasteiger partial charge in [0.15, 0.2) is 0 Å². The Hall–Kier alpha value is -2.14. The minimum atomic E-state index is -0.358. The third-order valence-corrected chi connectivity index (χ3v) is 3.88. The molecule has 0 radical (unpaired) electrons. The third-order valence-electron chi connectivity index (χ3n) is 3.88. The molecule has 0 aliphatic heterocycles. The zero-order valence-corrected chi connectivity index (χ0v) is 14.3. The van der Waals surface area contributed by atoms with Crippen molar-refractivity contribution in [2.24, 2.45) is 5.92 Å². The lowest BCUT2D eigenvalue weighted by Gasteiger charge is -2.13. The molecule has 0 saturated heterocycles. The molecule has 1 saturated carbocycles. The molecule has 1 aromatic carbocycles. The summed E-state index contributed by atoms with van der Waals surface area (Å²) in [5, 5.41) is 15.1. The Morgan fingerprint density at radius 1 is 1.25 bits per heavy atom. The van der Waals surface area contributed by atoms with E-state index in [0.29, 0.717) is 24.6 Å². The van der Waals surface area contributed by atoms with E-state index in [0.717, 1.165) is 18.4 Å². The fourth-order valence-electron chi connectivity index (χ4n) is 2.41. The zero-order chi connectivity index (χ0) is 17.5. The maximum Gasteiger partial charge on any atom is 0.251 e. The standard InChI is InChI=1S/C19H26N2O3/c1-13(11-14(2)22)12-20-18(23)10-5-15-3-6-16(7-4-15)19(24)21-17-8-9-17/h3-7,10,13-14,17,22H,8-9,11-12H2,1-2H3,(H,20,23)(H,21,24). The molecule has 0 spiro atoms. The number of aliphatic hydroxyl groups excluding tert-OH is 1. The molecule has 24 heavy (non-hydrogen) atoms. The van der Waals surface area contributed by atoms with Crippen molar-refractivity contribution < 1.29 is 14.7 Å². The minimum Gasteiger partial charge on any atom is -0.393 e. The van der Waals surface area contributed by atoms with Gasteiger partial charge in [0.1, 0.15) is 0 Å². The molecule has 130 valence electrons. The number of rotatable bonds is 8. The highest BCUT2D eigenvalue weighted by atomic mass is 16.3. The lowest BCUT2D eigenvalue weighted by atomic mass is 10.0. The summed E-state index contributed by atoms with van der Waals surface area (Å²) in [7, 11) is 0. The number of benzene rings is 1. The minimum absolute atomic E-state index is 0.0436. The molecule has 1 fully saturated rings. The first kappa shape index (κ1) is 18.2. The van der Waals surface area contributed by atoms with Crippen LogP contribution in [-0.4, -0.2) is 35.6 Å². The Morgan fingerprint density at radius 2 is 1.92 bits per heavy atom.